The highest BCUT2D eigenvalue weighted by molar-refractivity contribution is 7.98. The van der Waals surface area contributed by atoms with E-state index in [0.717, 1.165) is 50.0 Å². The van der Waals surface area contributed by atoms with Gasteiger partial charge in [0.15, 0.2) is 0 Å². The zero-order valence-electron chi connectivity index (χ0n) is 29.7. The molecule has 1 fully saturated rings. The first-order chi connectivity index (χ1) is 24.1. The number of amides is 1. The standard InChI is InChI=1S/C30H30F3N7O2.C7H12OS/c1-19-27(26-12-13-35-39(26)24-10-8-20(17-34)9-11-24)38(28(41)36-23-14-21(15-23)18-40(2,3)4)29(42)37(19)25-7-5-6-22(16-25)30(31,32)33;1-4-6-7(5-2)9-8-3/h5-13,16,21,23H,14-15,18H2,1-4H3;4-6H,1-3H3/p+1/b;6-4-,7-5+. The predicted molar refractivity (Wildman–Crippen MR) is 194 cm³/mol. The summed E-state index contributed by atoms with van der Waals surface area (Å²) in [5.74, 6) is 0.431. The van der Waals surface area contributed by atoms with Crippen molar-refractivity contribution in [3.05, 3.63) is 111 Å². The number of carbonyl (C=O) groups is 1. The fraction of sp³-hybridized carbons (Fsp3) is 0.351. The monoisotopic (exact) mass is 722 g/mol. The van der Waals surface area contributed by atoms with Crippen molar-refractivity contribution in [2.45, 2.75) is 45.8 Å². The number of nitriles is 1. The smallest absolute Gasteiger partial charge is 0.335 e. The van der Waals surface area contributed by atoms with Crippen LogP contribution in [0.15, 0.2) is 88.7 Å². The third kappa shape index (κ3) is 9.49. The number of benzene rings is 2. The molecule has 5 rings (SSSR count). The van der Waals surface area contributed by atoms with Crippen LogP contribution in [0.2, 0.25) is 0 Å². The van der Waals surface area contributed by atoms with Crippen molar-refractivity contribution in [3.8, 4) is 28.8 Å². The topological polar surface area (TPSA) is 107 Å². The van der Waals surface area contributed by atoms with Crippen molar-refractivity contribution in [3.63, 3.8) is 0 Å². The average Bonchev–Trinajstić information content (AvgIpc) is 3.64. The Morgan fingerprint density at radius 3 is 2.37 bits per heavy atom. The molecule has 270 valence electrons. The van der Waals surface area contributed by atoms with Crippen LogP contribution < -0.4 is 11.0 Å². The van der Waals surface area contributed by atoms with Gasteiger partial charge in [-0.15, -0.1) is 0 Å². The minimum atomic E-state index is -4.61. The number of allylic oxidation sites excluding steroid dienone is 3. The van der Waals surface area contributed by atoms with Gasteiger partial charge in [-0.3, -0.25) is 4.57 Å². The van der Waals surface area contributed by atoms with Crippen LogP contribution in [-0.4, -0.2) is 70.3 Å². The molecule has 2 aromatic carbocycles. The summed E-state index contributed by atoms with van der Waals surface area (Å²) in [4.78, 5) is 28.8. The number of hydrogen-bond acceptors (Lipinski definition) is 6. The van der Waals surface area contributed by atoms with Gasteiger partial charge in [0, 0.05) is 28.9 Å². The van der Waals surface area contributed by atoms with Crippen LogP contribution >= 0.6 is 12.0 Å². The normalized spacial score (nSPS) is 16.3. The lowest BCUT2D eigenvalue weighted by molar-refractivity contribution is -0.874. The van der Waals surface area contributed by atoms with Crippen molar-refractivity contribution in [2.75, 3.05) is 34.8 Å². The minimum absolute atomic E-state index is 0.0174. The number of rotatable bonds is 9. The van der Waals surface area contributed by atoms with Gasteiger partial charge in [0.1, 0.15) is 5.69 Å². The zero-order chi connectivity index (χ0) is 37.5. The molecule has 0 bridgehead atoms. The second-order valence-electron chi connectivity index (χ2n) is 13.1. The molecule has 51 heavy (non-hydrogen) atoms. The van der Waals surface area contributed by atoms with Crippen molar-refractivity contribution >= 4 is 18.1 Å². The van der Waals surface area contributed by atoms with Crippen LogP contribution in [0.1, 0.15) is 43.5 Å². The largest absolute Gasteiger partial charge is 0.416 e. The Morgan fingerprint density at radius 2 is 1.80 bits per heavy atom. The lowest BCUT2D eigenvalue weighted by atomic mass is 9.79. The quantitative estimate of drug-likeness (QED) is 0.109. The number of hydrogen-bond donors (Lipinski definition) is 1. The summed E-state index contributed by atoms with van der Waals surface area (Å²) in [5.41, 5.74) is 0.129. The highest BCUT2D eigenvalue weighted by Gasteiger charge is 2.36. The van der Waals surface area contributed by atoms with Gasteiger partial charge >= 0.3 is 17.9 Å². The molecule has 14 heteroatoms. The molecule has 1 aliphatic carbocycles. The molecule has 4 aromatic rings. The molecule has 0 saturated heterocycles. The van der Waals surface area contributed by atoms with E-state index in [2.05, 4.69) is 37.6 Å². The first-order valence-corrected chi connectivity index (χ1v) is 17.0. The Kier molecular flexibility index (Phi) is 12.6. The number of quaternary nitrogens is 1. The number of carbonyl (C=O) groups excluding carboxylic acids is 1. The molecule has 0 spiro atoms. The Balaban J connectivity index is 0.000000573. The average molecular weight is 723 g/mol. The van der Waals surface area contributed by atoms with Gasteiger partial charge in [0.25, 0.3) is 0 Å². The van der Waals surface area contributed by atoms with Gasteiger partial charge in [-0.05, 0) is 82.1 Å². The van der Waals surface area contributed by atoms with Crippen molar-refractivity contribution in [1.29, 1.82) is 5.26 Å². The van der Waals surface area contributed by atoms with Gasteiger partial charge in [-0.25, -0.2) is 18.8 Å². The Hall–Kier alpha value is -4.84. The summed E-state index contributed by atoms with van der Waals surface area (Å²) in [6.45, 7) is 6.50. The molecule has 0 unspecified atom stereocenters. The fourth-order valence-electron chi connectivity index (χ4n) is 6.04. The number of nitrogens with one attached hydrogen (secondary N) is 1. The van der Waals surface area contributed by atoms with Crippen LogP contribution in [0.5, 0.6) is 0 Å². The molecular weight excluding hydrogens is 680 g/mol. The third-order valence-corrected chi connectivity index (χ3v) is 8.94. The Bertz CT molecular complexity index is 1990. The third-order valence-electron chi connectivity index (χ3n) is 8.21. The summed E-state index contributed by atoms with van der Waals surface area (Å²) in [7, 11) is 7.98. The molecule has 0 radical (unpaired) electrons. The van der Waals surface area contributed by atoms with E-state index < -0.39 is 23.5 Å². The Morgan fingerprint density at radius 1 is 1.12 bits per heavy atom. The molecule has 10 nitrogen and oxygen atoms in total. The molecule has 1 saturated carbocycles. The van der Waals surface area contributed by atoms with Crippen LogP contribution in [0.3, 0.4) is 0 Å². The first-order valence-electron chi connectivity index (χ1n) is 16.3. The van der Waals surface area contributed by atoms with Crippen molar-refractivity contribution < 1.29 is 26.6 Å². The first kappa shape index (κ1) is 39.0. The molecule has 1 N–H and O–H groups in total. The van der Waals surface area contributed by atoms with E-state index in [0.29, 0.717) is 22.9 Å². The molecule has 2 heterocycles. The van der Waals surface area contributed by atoms with Gasteiger partial charge in [0.05, 0.1) is 81.0 Å². The van der Waals surface area contributed by atoms with Gasteiger partial charge in [-0.2, -0.15) is 23.5 Å². The molecule has 1 aliphatic rings. The van der Waals surface area contributed by atoms with E-state index in [1.54, 1.807) is 44.4 Å². The van der Waals surface area contributed by atoms with Crippen LogP contribution in [0.25, 0.3) is 22.8 Å². The number of alkyl halides is 3. The highest BCUT2D eigenvalue weighted by Crippen LogP contribution is 2.33. The van der Waals surface area contributed by atoms with E-state index in [1.807, 2.05) is 32.1 Å². The van der Waals surface area contributed by atoms with E-state index in [4.69, 9.17) is 4.18 Å². The van der Waals surface area contributed by atoms with Gasteiger partial charge in [-0.1, -0.05) is 24.3 Å². The second kappa shape index (κ2) is 16.5. The lowest BCUT2D eigenvalue weighted by Crippen LogP contribution is -2.52. The molecule has 0 atom stereocenters. The van der Waals surface area contributed by atoms with Crippen molar-refractivity contribution in [1.82, 2.24) is 24.2 Å². The summed E-state index contributed by atoms with van der Waals surface area (Å²) in [5, 5.41) is 16.5. The second-order valence-corrected chi connectivity index (χ2v) is 14.1. The van der Waals surface area contributed by atoms with Gasteiger partial charge in [0.2, 0.25) is 0 Å². The number of imidazole rings is 1. The molecule has 2 aromatic heterocycles. The van der Waals surface area contributed by atoms with Gasteiger partial charge < -0.3 is 14.0 Å². The Labute approximate surface area is 300 Å². The number of nitrogens with zero attached hydrogens (tertiary/aromatic N) is 6. The van der Waals surface area contributed by atoms with Crippen molar-refractivity contribution in [2.24, 2.45) is 5.92 Å². The van der Waals surface area contributed by atoms with Crippen LogP contribution in [0, 0.1) is 24.2 Å². The van der Waals surface area contributed by atoms with E-state index in [-0.39, 0.29) is 23.1 Å². The molecule has 1 amide bonds. The summed E-state index contributed by atoms with van der Waals surface area (Å²) in [6.07, 6.45) is 4.42. The van der Waals surface area contributed by atoms with Crippen LogP contribution in [0.4, 0.5) is 18.0 Å². The zero-order valence-corrected chi connectivity index (χ0v) is 30.5. The maximum atomic E-state index is 13.9. The fourth-order valence-corrected chi connectivity index (χ4v) is 6.52. The molecular formula is C37H43F3N7O3S+. The van der Waals surface area contributed by atoms with E-state index in [1.165, 1.54) is 35.1 Å². The predicted octanol–water partition coefficient (Wildman–Crippen LogP) is 7.49. The van der Waals surface area contributed by atoms with E-state index >= 15 is 0 Å². The SMILES string of the molecule is C/C=C\C(=C/C)SOC.Cc1c(-c2ccnn2-c2ccc(C#N)cc2)n(C(=O)NC2CC(C[N+](C)(C)C)C2)c(=O)n1-c1cccc(C(F)(F)F)c1. The lowest BCUT2D eigenvalue weighted by Gasteiger charge is -2.39. The maximum absolute atomic E-state index is 13.9. The summed E-state index contributed by atoms with van der Waals surface area (Å²) < 4.78 is 49.9. The number of aromatic nitrogens is 4. The van der Waals surface area contributed by atoms with E-state index in [9.17, 15) is 28.0 Å². The summed E-state index contributed by atoms with van der Waals surface area (Å²) in [6, 6.07) is 13.9. The molecule has 0 aliphatic heterocycles. The number of halogens is 3. The highest BCUT2D eigenvalue weighted by atomic mass is 32.2. The summed E-state index contributed by atoms with van der Waals surface area (Å²) >= 11 is 1.38. The van der Waals surface area contributed by atoms with Crippen LogP contribution in [-0.2, 0) is 10.4 Å². The maximum Gasteiger partial charge on any atom is 0.416 e. The minimum Gasteiger partial charge on any atom is -0.335 e.